The van der Waals surface area contributed by atoms with Crippen molar-refractivity contribution < 1.29 is 9.59 Å². The van der Waals surface area contributed by atoms with Crippen molar-refractivity contribution in [1.82, 2.24) is 10.2 Å². The summed E-state index contributed by atoms with van der Waals surface area (Å²) in [5.74, 6) is 0.0771. The Bertz CT molecular complexity index is 663. The lowest BCUT2D eigenvalue weighted by molar-refractivity contribution is -0.117. The van der Waals surface area contributed by atoms with Crippen molar-refractivity contribution in [3.8, 4) is 0 Å². The maximum atomic E-state index is 12.7. The van der Waals surface area contributed by atoms with Gasteiger partial charge in [0.25, 0.3) is 0 Å². The highest BCUT2D eigenvalue weighted by molar-refractivity contribution is 5.97. The van der Waals surface area contributed by atoms with Gasteiger partial charge in [-0.15, -0.1) is 0 Å². The summed E-state index contributed by atoms with van der Waals surface area (Å²) in [5.41, 5.74) is 3.31. The fourth-order valence-electron chi connectivity index (χ4n) is 4.02. The van der Waals surface area contributed by atoms with Gasteiger partial charge in [-0.1, -0.05) is 6.07 Å². The molecule has 136 valence electrons. The van der Waals surface area contributed by atoms with Crippen LogP contribution in [0.2, 0.25) is 0 Å². The largest absolute Gasteiger partial charge is 0.333 e. The number of nitrogens with one attached hydrogen (secondary N) is 1. The van der Waals surface area contributed by atoms with Crippen LogP contribution in [0.15, 0.2) is 18.2 Å². The average molecular weight is 343 g/mol. The van der Waals surface area contributed by atoms with Crippen LogP contribution in [0.25, 0.3) is 0 Å². The van der Waals surface area contributed by atoms with Gasteiger partial charge in [-0.3, -0.25) is 4.79 Å². The van der Waals surface area contributed by atoms with Crippen molar-refractivity contribution in [3.63, 3.8) is 0 Å². The molecule has 1 N–H and O–H groups in total. The molecule has 1 aromatic rings. The van der Waals surface area contributed by atoms with Crippen LogP contribution in [0.5, 0.6) is 0 Å². The maximum Gasteiger partial charge on any atom is 0.318 e. The van der Waals surface area contributed by atoms with E-state index in [4.69, 9.17) is 0 Å². The van der Waals surface area contributed by atoms with Gasteiger partial charge in [-0.2, -0.15) is 0 Å². The number of piperidine rings is 1. The molecule has 2 fully saturated rings. The second kappa shape index (κ2) is 7.06. The van der Waals surface area contributed by atoms with Crippen LogP contribution in [-0.4, -0.2) is 41.5 Å². The molecule has 3 unspecified atom stereocenters. The minimum Gasteiger partial charge on any atom is -0.333 e. The Balaban J connectivity index is 1.66. The molecule has 0 bridgehead atoms. The van der Waals surface area contributed by atoms with Crippen LogP contribution in [0, 0.1) is 13.8 Å². The number of aryl methyl sites for hydroxylation is 2. The molecular formula is C20H29N3O2. The van der Waals surface area contributed by atoms with Crippen molar-refractivity contribution in [1.29, 1.82) is 0 Å². The summed E-state index contributed by atoms with van der Waals surface area (Å²) in [4.78, 5) is 28.9. The quantitative estimate of drug-likeness (QED) is 0.895. The van der Waals surface area contributed by atoms with Crippen molar-refractivity contribution in [2.24, 2.45) is 0 Å². The Kier molecular flexibility index (Phi) is 5.02. The number of anilines is 1. The molecule has 2 saturated heterocycles. The van der Waals surface area contributed by atoms with Crippen molar-refractivity contribution in [2.75, 3.05) is 11.4 Å². The number of hydrogen-bond donors (Lipinski definition) is 1. The predicted molar refractivity (Wildman–Crippen MR) is 99.8 cm³/mol. The molecular weight excluding hydrogens is 314 g/mol. The van der Waals surface area contributed by atoms with Gasteiger partial charge in [0, 0.05) is 30.7 Å². The number of urea groups is 1. The third-order valence-electron chi connectivity index (χ3n) is 5.68. The predicted octanol–water partition coefficient (Wildman–Crippen LogP) is 3.38. The molecule has 2 aliphatic rings. The van der Waals surface area contributed by atoms with E-state index >= 15 is 0 Å². The fourth-order valence-corrected chi connectivity index (χ4v) is 4.02. The molecule has 3 amide bonds. The molecule has 5 nitrogen and oxygen atoms in total. The number of benzene rings is 1. The van der Waals surface area contributed by atoms with E-state index < -0.39 is 0 Å². The smallest absolute Gasteiger partial charge is 0.318 e. The molecule has 0 spiro atoms. The Hall–Kier alpha value is -2.04. The lowest BCUT2D eigenvalue weighted by Gasteiger charge is -2.39. The molecule has 3 rings (SSSR count). The van der Waals surface area contributed by atoms with Crippen molar-refractivity contribution in [2.45, 2.75) is 71.5 Å². The van der Waals surface area contributed by atoms with E-state index in [2.05, 4.69) is 33.0 Å². The average Bonchev–Trinajstić information content (AvgIpc) is 2.90. The number of carbonyl (C=O) groups excluding carboxylic acids is 2. The normalized spacial score (nSPS) is 26.9. The number of likely N-dealkylation sites (tertiary alicyclic amines) is 1. The number of nitrogens with zero attached hydrogens (tertiary/aromatic N) is 2. The Morgan fingerprint density at radius 2 is 1.80 bits per heavy atom. The first-order chi connectivity index (χ1) is 11.9. The summed E-state index contributed by atoms with van der Waals surface area (Å²) in [7, 11) is 0. The van der Waals surface area contributed by atoms with E-state index in [9.17, 15) is 9.59 Å². The minimum absolute atomic E-state index is 0.0283. The molecule has 0 radical (unpaired) electrons. The van der Waals surface area contributed by atoms with Crippen LogP contribution in [0.4, 0.5) is 10.5 Å². The van der Waals surface area contributed by atoms with E-state index in [1.807, 2.05) is 23.1 Å². The van der Waals surface area contributed by atoms with E-state index in [1.165, 1.54) is 17.5 Å². The summed E-state index contributed by atoms with van der Waals surface area (Å²) in [6.07, 6.45) is 3.65. The van der Waals surface area contributed by atoms with Crippen molar-refractivity contribution in [3.05, 3.63) is 29.3 Å². The highest BCUT2D eigenvalue weighted by Crippen LogP contribution is 2.26. The van der Waals surface area contributed by atoms with Crippen LogP contribution in [0.1, 0.15) is 50.7 Å². The van der Waals surface area contributed by atoms with Gasteiger partial charge in [0.05, 0.1) is 6.04 Å². The van der Waals surface area contributed by atoms with Crippen LogP contribution in [0.3, 0.4) is 0 Å². The zero-order valence-electron chi connectivity index (χ0n) is 15.7. The maximum absolute atomic E-state index is 12.7. The number of amides is 3. The lowest BCUT2D eigenvalue weighted by Crippen LogP contribution is -2.54. The molecule has 0 aliphatic carbocycles. The van der Waals surface area contributed by atoms with E-state index in [0.717, 1.165) is 18.5 Å². The molecule has 25 heavy (non-hydrogen) atoms. The van der Waals surface area contributed by atoms with Gasteiger partial charge in [-0.25, -0.2) is 4.79 Å². The van der Waals surface area contributed by atoms with E-state index in [-0.39, 0.29) is 30.1 Å². The molecule has 0 aromatic heterocycles. The zero-order valence-corrected chi connectivity index (χ0v) is 15.7. The molecule has 2 aliphatic heterocycles. The Morgan fingerprint density at radius 3 is 2.44 bits per heavy atom. The first kappa shape index (κ1) is 17.8. The third kappa shape index (κ3) is 3.65. The van der Waals surface area contributed by atoms with Crippen molar-refractivity contribution >= 4 is 17.6 Å². The summed E-state index contributed by atoms with van der Waals surface area (Å²) >= 11 is 0. The van der Waals surface area contributed by atoms with Gasteiger partial charge in [0.15, 0.2) is 0 Å². The van der Waals surface area contributed by atoms with E-state index in [0.29, 0.717) is 13.0 Å². The molecule has 3 atom stereocenters. The van der Waals surface area contributed by atoms with Gasteiger partial charge < -0.3 is 15.1 Å². The molecule has 1 aromatic carbocycles. The van der Waals surface area contributed by atoms with Gasteiger partial charge in [0.2, 0.25) is 5.91 Å². The SMILES string of the molecule is Cc1ccc(N2CC(NC(=O)N3C(C)CCCC3C)CC2=O)cc1C. The van der Waals surface area contributed by atoms with E-state index in [1.54, 1.807) is 4.90 Å². The summed E-state index contributed by atoms with van der Waals surface area (Å²) < 4.78 is 0. The summed E-state index contributed by atoms with van der Waals surface area (Å²) in [6.45, 7) is 8.88. The summed E-state index contributed by atoms with van der Waals surface area (Å²) in [6, 6.07) is 6.45. The topological polar surface area (TPSA) is 52.7 Å². The molecule has 5 heteroatoms. The minimum atomic E-state index is -0.122. The fraction of sp³-hybridized carbons (Fsp3) is 0.600. The van der Waals surface area contributed by atoms with Crippen LogP contribution < -0.4 is 10.2 Å². The first-order valence-corrected chi connectivity index (χ1v) is 9.33. The zero-order chi connectivity index (χ0) is 18.1. The van der Waals surface area contributed by atoms with Gasteiger partial charge in [0.1, 0.15) is 0 Å². The Morgan fingerprint density at radius 1 is 1.12 bits per heavy atom. The van der Waals surface area contributed by atoms with Crippen LogP contribution >= 0.6 is 0 Å². The molecule has 2 heterocycles. The Labute approximate surface area is 150 Å². The highest BCUT2D eigenvalue weighted by atomic mass is 16.2. The second-order valence-electron chi connectivity index (χ2n) is 7.66. The van der Waals surface area contributed by atoms with Crippen LogP contribution in [-0.2, 0) is 4.79 Å². The standard InChI is InChI=1S/C20H29N3O2/c1-13-8-9-18(10-14(13)2)22-12-17(11-19(22)24)21-20(25)23-15(3)6-5-7-16(23)4/h8-10,15-17H,5-7,11-12H2,1-4H3,(H,21,25). The number of hydrogen-bond acceptors (Lipinski definition) is 2. The summed E-state index contributed by atoms with van der Waals surface area (Å²) in [5, 5.41) is 3.09. The first-order valence-electron chi connectivity index (χ1n) is 9.33. The number of carbonyl (C=O) groups is 2. The third-order valence-corrected chi connectivity index (χ3v) is 5.68. The van der Waals surface area contributed by atoms with Gasteiger partial charge in [-0.05, 0) is 70.2 Å². The highest BCUT2D eigenvalue weighted by Gasteiger charge is 2.35. The van der Waals surface area contributed by atoms with Gasteiger partial charge >= 0.3 is 6.03 Å². The number of rotatable bonds is 2. The monoisotopic (exact) mass is 343 g/mol. The molecule has 0 saturated carbocycles. The second-order valence-corrected chi connectivity index (χ2v) is 7.66. The lowest BCUT2D eigenvalue weighted by atomic mass is 9.98.